The van der Waals surface area contributed by atoms with E-state index in [0.717, 1.165) is 12.8 Å². The first-order chi connectivity index (χ1) is 8.40. The Morgan fingerprint density at radius 1 is 1.22 bits per heavy atom. The van der Waals surface area contributed by atoms with Gasteiger partial charge in [0.1, 0.15) is 6.10 Å². The second-order valence-corrected chi connectivity index (χ2v) is 6.41. The van der Waals surface area contributed by atoms with Crippen LogP contribution in [-0.4, -0.2) is 18.9 Å². The van der Waals surface area contributed by atoms with Gasteiger partial charge in [0.05, 0.1) is 6.61 Å². The minimum atomic E-state index is -0.495. The molecular weight excluding hydrogens is 228 g/mol. The summed E-state index contributed by atoms with van der Waals surface area (Å²) in [6, 6.07) is 0. The molecule has 0 heterocycles. The van der Waals surface area contributed by atoms with E-state index in [9.17, 15) is 4.79 Å². The summed E-state index contributed by atoms with van der Waals surface area (Å²) in [5.41, 5.74) is 0. The molecule has 0 N–H and O–H groups in total. The zero-order chi connectivity index (χ0) is 13.7. The predicted octanol–water partition coefficient (Wildman–Crippen LogP) is 4.26. The van der Waals surface area contributed by atoms with Crippen LogP contribution in [0.15, 0.2) is 0 Å². The molecule has 1 aliphatic carbocycles. The average molecular weight is 256 g/mol. The second kappa shape index (κ2) is 7.01. The van der Waals surface area contributed by atoms with Gasteiger partial charge in [-0.25, -0.2) is 4.79 Å². The lowest BCUT2D eigenvalue weighted by Crippen LogP contribution is -2.34. The highest BCUT2D eigenvalue weighted by atomic mass is 16.7. The van der Waals surface area contributed by atoms with E-state index < -0.39 is 6.16 Å². The minimum Gasteiger partial charge on any atom is -0.434 e. The molecule has 0 aromatic carbocycles. The summed E-state index contributed by atoms with van der Waals surface area (Å²) in [6.07, 6.45) is 2.91. The van der Waals surface area contributed by atoms with E-state index in [1.54, 1.807) is 0 Å². The molecule has 1 aliphatic rings. The standard InChI is InChI=1S/C15H28O3/c1-10(2)9-17-15(16)18-14-8-13(11(3)4)7-6-12(14)5/h10-14H,6-9H2,1-5H3. The lowest BCUT2D eigenvalue weighted by molar-refractivity contribution is -0.0266. The summed E-state index contributed by atoms with van der Waals surface area (Å²) in [7, 11) is 0. The maximum absolute atomic E-state index is 11.6. The Kier molecular flexibility index (Phi) is 5.97. The van der Waals surface area contributed by atoms with Gasteiger partial charge in [0.2, 0.25) is 0 Å². The van der Waals surface area contributed by atoms with Crippen molar-refractivity contribution in [1.82, 2.24) is 0 Å². The lowest BCUT2D eigenvalue weighted by atomic mass is 9.76. The molecule has 0 radical (unpaired) electrons. The number of ether oxygens (including phenoxy) is 2. The molecule has 0 amide bonds. The molecule has 3 atom stereocenters. The largest absolute Gasteiger partial charge is 0.508 e. The SMILES string of the molecule is CC(C)COC(=O)OC1CC(C(C)C)CCC1C. The van der Waals surface area contributed by atoms with E-state index in [2.05, 4.69) is 20.8 Å². The van der Waals surface area contributed by atoms with Crippen molar-refractivity contribution < 1.29 is 14.3 Å². The first-order valence-corrected chi connectivity index (χ1v) is 7.23. The summed E-state index contributed by atoms with van der Waals surface area (Å²) in [6.45, 7) is 11.1. The van der Waals surface area contributed by atoms with Gasteiger partial charge in [-0.05, 0) is 42.9 Å². The van der Waals surface area contributed by atoms with Crippen molar-refractivity contribution in [3.63, 3.8) is 0 Å². The van der Waals surface area contributed by atoms with E-state index >= 15 is 0 Å². The number of hydrogen-bond donors (Lipinski definition) is 0. The third-order valence-corrected chi connectivity index (χ3v) is 3.89. The Bertz CT molecular complexity index is 260. The van der Waals surface area contributed by atoms with E-state index in [0.29, 0.717) is 30.3 Å². The van der Waals surface area contributed by atoms with E-state index in [-0.39, 0.29) is 6.10 Å². The van der Waals surface area contributed by atoms with E-state index in [1.807, 2.05) is 13.8 Å². The first kappa shape index (κ1) is 15.3. The second-order valence-electron chi connectivity index (χ2n) is 6.41. The smallest absolute Gasteiger partial charge is 0.434 e. The number of hydrogen-bond acceptors (Lipinski definition) is 3. The number of carbonyl (C=O) groups is 1. The molecule has 0 aromatic heterocycles. The van der Waals surface area contributed by atoms with Crippen LogP contribution >= 0.6 is 0 Å². The normalized spacial score (nSPS) is 28.5. The van der Waals surface area contributed by atoms with Crippen molar-refractivity contribution in [2.45, 2.75) is 60.0 Å². The van der Waals surface area contributed by atoms with Gasteiger partial charge in [-0.2, -0.15) is 0 Å². The van der Waals surface area contributed by atoms with E-state index in [1.165, 1.54) is 6.42 Å². The molecule has 3 heteroatoms. The third-order valence-electron chi connectivity index (χ3n) is 3.89. The fourth-order valence-electron chi connectivity index (χ4n) is 2.47. The van der Waals surface area contributed by atoms with Crippen molar-refractivity contribution in [2.75, 3.05) is 6.61 Å². The molecule has 0 aromatic rings. The monoisotopic (exact) mass is 256 g/mol. The molecule has 0 bridgehead atoms. The maximum Gasteiger partial charge on any atom is 0.508 e. The summed E-state index contributed by atoms with van der Waals surface area (Å²) < 4.78 is 10.6. The molecule has 3 unspecified atom stereocenters. The highest BCUT2D eigenvalue weighted by molar-refractivity contribution is 5.60. The molecule has 0 spiro atoms. The van der Waals surface area contributed by atoms with Gasteiger partial charge in [-0.15, -0.1) is 0 Å². The highest BCUT2D eigenvalue weighted by Gasteiger charge is 2.32. The summed E-state index contributed by atoms with van der Waals surface area (Å²) in [5.74, 6) is 2.13. The van der Waals surface area contributed by atoms with Crippen LogP contribution in [0.25, 0.3) is 0 Å². The Morgan fingerprint density at radius 2 is 1.89 bits per heavy atom. The molecule has 1 saturated carbocycles. The van der Waals surface area contributed by atoms with Crippen LogP contribution in [0.3, 0.4) is 0 Å². The number of carbonyl (C=O) groups excluding carboxylic acids is 1. The minimum absolute atomic E-state index is 0.0332. The molecule has 0 saturated heterocycles. The average Bonchev–Trinajstić information content (AvgIpc) is 2.29. The van der Waals surface area contributed by atoms with Crippen LogP contribution in [0, 0.1) is 23.7 Å². The van der Waals surface area contributed by atoms with Gasteiger partial charge in [0.25, 0.3) is 0 Å². The Balaban J connectivity index is 2.41. The van der Waals surface area contributed by atoms with Gasteiger partial charge < -0.3 is 9.47 Å². The van der Waals surface area contributed by atoms with Crippen LogP contribution in [0.4, 0.5) is 4.79 Å². The van der Waals surface area contributed by atoms with Crippen molar-refractivity contribution >= 4 is 6.16 Å². The van der Waals surface area contributed by atoms with Crippen LogP contribution in [0.2, 0.25) is 0 Å². The molecule has 3 nitrogen and oxygen atoms in total. The van der Waals surface area contributed by atoms with Gasteiger partial charge in [0, 0.05) is 0 Å². The highest BCUT2D eigenvalue weighted by Crippen LogP contribution is 2.35. The molecule has 1 rings (SSSR count). The molecule has 0 aliphatic heterocycles. The van der Waals surface area contributed by atoms with Gasteiger partial charge in [-0.3, -0.25) is 0 Å². The number of rotatable bonds is 4. The topological polar surface area (TPSA) is 35.5 Å². The van der Waals surface area contributed by atoms with E-state index in [4.69, 9.17) is 9.47 Å². The van der Waals surface area contributed by atoms with Crippen molar-refractivity contribution in [3.8, 4) is 0 Å². The van der Waals surface area contributed by atoms with Crippen molar-refractivity contribution in [1.29, 1.82) is 0 Å². The quantitative estimate of drug-likeness (QED) is 0.705. The molecule has 1 fully saturated rings. The van der Waals surface area contributed by atoms with Gasteiger partial charge >= 0.3 is 6.16 Å². The first-order valence-electron chi connectivity index (χ1n) is 7.23. The summed E-state index contributed by atoms with van der Waals surface area (Å²) in [5, 5.41) is 0. The van der Waals surface area contributed by atoms with Crippen LogP contribution in [-0.2, 0) is 9.47 Å². The summed E-state index contributed by atoms with van der Waals surface area (Å²) in [4.78, 5) is 11.6. The zero-order valence-electron chi connectivity index (χ0n) is 12.4. The molecular formula is C15H28O3. The fourth-order valence-corrected chi connectivity index (χ4v) is 2.47. The molecule has 18 heavy (non-hydrogen) atoms. The Hall–Kier alpha value is -0.730. The fraction of sp³-hybridized carbons (Fsp3) is 0.933. The van der Waals surface area contributed by atoms with Crippen molar-refractivity contribution in [2.24, 2.45) is 23.7 Å². The van der Waals surface area contributed by atoms with Crippen LogP contribution in [0.1, 0.15) is 53.9 Å². The van der Waals surface area contributed by atoms with Crippen molar-refractivity contribution in [3.05, 3.63) is 0 Å². The maximum atomic E-state index is 11.6. The van der Waals surface area contributed by atoms with Crippen LogP contribution in [0.5, 0.6) is 0 Å². The predicted molar refractivity (Wildman–Crippen MR) is 72.4 cm³/mol. The van der Waals surface area contributed by atoms with Crippen LogP contribution < -0.4 is 0 Å². The Morgan fingerprint density at radius 3 is 2.44 bits per heavy atom. The summed E-state index contributed by atoms with van der Waals surface area (Å²) >= 11 is 0. The third kappa shape index (κ3) is 4.87. The Labute approximate surface area is 111 Å². The lowest BCUT2D eigenvalue weighted by Gasteiger charge is -2.35. The van der Waals surface area contributed by atoms with Gasteiger partial charge in [-0.1, -0.05) is 34.6 Å². The molecule has 106 valence electrons. The zero-order valence-corrected chi connectivity index (χ0v) is 12.4. The van der Waals surface area contributed by atoms with Gasteiger partial charge in [0.15, 0.2) is 0 Å².